The molecule has 1 aromatic rings. The van der Waals surface area contributed by atoms with Crippen molar-refractivity contribution in [3.8, 4) is 0 Å². The normalized spacial score (nSPS) is 19.7. The van der Waals surface area contributed by atoms with E-state index >= 15 is 0 Å². The third kappa shape index (κ3) is 3.01. The first-order chi connectivity index (χ1) is 11.1. The van der Waals surface area contributed by atoms with Gasteiger partial charge in [-0.05, 0) is 39.9 Å². The number of hydrogen-bond acceptors (Lipinski definition) is 5. The SMILES string of the molecule is CCNC1=C(NC2CCN(C)CC2)C(=O)C(=O)c2ccccc21. The number of rotatable bonds is 4. The molecule has 1 fully saturated rings. The number of nitrogens with one attached hydrogen (secondary N) is 2. The van der Waals surface area contributed by atoms with Gasteiger partial charge in [0.15, 0.2) is 0 Å². The molecular formula is C18H23N3O2. The van der Waals surface area contributed by atoms with Gasteiger partial charge in [0.25, 0.3) is 5.78 Å². The first-order valence-electron chi connectivity index (χ1n) is 8.23. The van der Waals surface area contributed by atoms with Crippen LogP contribution in [-0.2, 0) is 4.79 Å². The van der Waals surface area contributed by atoms with Gasteiger partial charge in [-0.3, -0.25) is 9.59 Å². The van der Waals surface area contributed by atoms with E-state index in [0.717, 1.165) is 37.2 Å². The summed E-state index contributed by atoms with van der Waals surface area (Å²) >= 11 is 0. The quantitative estimate of drug-likeness (QED) is 0.823. The lowest BCUT2D eigenvalue weighted by atomic mass is 9.89. The molecule has 1 aromatic carbocycles. The van der Waals surface area contributed by atoms with Gasteiger partial charge >= 0.3 is 0 Å². The van der Waals surface area contributed by atoms with E-state index in [1.807, 2.05) is 19.1 Å². The van der Waals surface area contributed by atoms with E-state index in [9.17, 15) is 9.59 Å². The molecule has 5 heteroatoms. The van der Waals surface area contributed by atoms with Crippen molar-refractivity contribution < 1.29 is 9.59 Å². The molecule has 1 aliphatic carbocycles. The van der Waals surface area contributed by atoms with Gasteiger partial charge in [-0.2, -0.15) is 0 Å². The van der Waals surface area contributed by atoms with Crippen LogP contribution in [0.3, 0.4) is 0 Å². The van der Waals surface area contributed by atoms with Crippen LogP contribution in [0, 0.1) is 0 Å². The van der Waals surface area contributed by atoms with Crippen LogP contribution in [-0.4, -0.2) is 49.2 Å². The molecule has 0 bridgehead atoms. The Morgan fingerprint density at radius 2 is 1.70 bits per heavy atom. The second kappa shape index (κ2) is 6.54. The summed E-state index contributed by atoms with van der Waals surface area (Å²) in [5.74, 6) is -0.851. The van der Waals surface area contributed by atoms with Crippen molar-refractivity contribution in [1.82, 2.24) is 15.5 Å². The molecule has 0 amide bonds. The zero-order chi connectivity index (χ0) is 16.4. The van der Waals surface area contributed by atoms with E-state index < -0.39 is 11.6 Å². The fourth-order valence-corrected chi connectivity index (χ4v) is 3.24. The lowest BCUT2D eigenvalue weighted by Gasteiger charge is -2.32. The number of benzene rings is 1. The average molecular weight is 313 g/mol. The van der Waals surface area contributed by atoms with Crippen LogP contribution in [0.2, 0.25) is 0 Å². The van der Waals surface area contributed by atoms with Gasteiger partial charge in [0.2, 0.25) is 5.78 Å². The van der Waals surface area contributed by atoms with Gasteiger partial charge in [0.05, 0.1) is 5.70 Å². The standard InChI is InChI=1S/C18H23N3O2/c1-3-19-15-13-6-4-5-7-14(13)17(22)18(23)16(15)20-12-8-10-21(2)11-9-12/h4-7,12,19-20H,3,8-11H2,1-2H3. The van der Waals surface area contributed by atoms with Gasteiger partial charge < -0.3 is 15.5 Å². The molecule has 0 spiro atoms. The molecular weight excluding hydrogens is 290 g/mol. The molecule has 0 saturated carbocycles. The summed E-state index contributed by atoms with van der Waals surface area (Å²) in [4.78, 5) is 27.3. The molecule has 2 N–H and O–H groups in total. The van der Waals surface area contributed by atoms with Crippen LogP contribution >= 0.6 is 0 Å². The predicted molar refractivity (Wildman–Crippen MR) is 90.0 cm³/mol. The Morgan fingerprint density at radius 1 is 1.04 bits per heavy atom. The zero-order valence-corrected chi connectivity index (χ0v) is 13.7. The Kier molecular flexibility index (Phi) is 4.48. The number of Topliss-reactive ketones (excluding diaryl/α,β-unsaturated/α-hetero) is 2. The highest BCUT2D eigenvalue weighted by atomic mass is 16.2. The molecule has 2 aliphatic rings. The molecule has 0 aromatic heterocycles. The summed E-state index contributed by atoms with van der Waals surface area (Å²) in [6, 6.07) is 7.54. The van der Waals surface area contributed by atoms with Crippen molar-refractivity contribution in [2.75, 3.05) is 26.7 Å². The van der Waals surface area contributed by atoms with Gasteiger partial charge in [-0.15, -0.1) is 0 Å². The number of carbonyl (C=O) groups is 2. The van der Waals surface area contributed by atoms with E-state index in [4.69, 9.17) is 0 Å². The van der Waals surface area contributed by atoms with E-state index in [0.29, 0.717) is 17.8 Å². The summed E-state index contributed by atoms with van der Waals surface area (Å²) in [6.07, 6.45) is 1.95. The molecule has 0 unspecified atom stereocenters. The maximum Gasteiger partial charge on any atom is 0.251 e. The highest BCUT2D eigenvalue weighted by Crippen LogP contribution is 2.27. The first-order valence-corrected chi connectivity index (χ1v) is 8.23. The fourth-order valence-electron chi connectivity index (χ4n) is 3.24. The second-order valence-corrected chi connectivity index (χ2v) is 6.21. The van der Waals surface area contributed by atoms with Crippen LogP contribution < -0.4 is 10.6 Å². The zero-order valence-electron chi connectivity index (χ0n) is 13.7. The third-order valence-electron chi connectivity index (χ3n) is 4.54. The number of piperidine rings is 1. The van der Waals surface area contributed by atoms with E-state index in [2.05, 4.69) is 22.6 Å². The van der Waals surface area contributed by atoms with Gasteiger partial charge in [-0.25, -0.2) is 0 Å². The number of ketones is 2. The van der Waals surface area contributed by atoms with E-state index in [1.54, 1.807) is 12.1 Å². The lowest BCUT2D eigenvalue weighted by Crippen LogP contribution is -2.44. The highest BCUT2D eigenvalue weighted by molar-refractivity contribution is 6.52. The first kappa shape index (κ1) is 15.7. The number of hydrogen-bond donors (Lipinski definition) is 2. The number of carbonyl (C=O) groups excluding carboxylic acids is 2. The molecule has 5 nitrogen and oxygen atoms in total. The second-order valence-electron chi connectivity index (χ2n) is 6.21. The summed E-state index contributed by atoms with van der Waals surface area (Å²) in [7, 11) is 2.10. The van der Waals surface area contributed by atoms with E-state index in [-0.39, 0.29) is 6.04 Å². The molecule has 23 heavy (non-hydrogen) atoms. The summed E-state index contributed by atoms with van der Waals surface area (Å²) in [5.41, 5.74) is 2.49. The molecule has 1 heterocycles. The number of fused-ring (bicyclic) bond motifs is 1. The lowest BCUT2D eigenvalue weighted by molar-refractivity contribution is -0.112. The van der Waals surface area contributed by atoms with Crippen molar-refractivity contribution in [3.05, 3.63) is 41.1 Å². The van der Waals surface area contributed by atoms with Crippen molar-refractivity contribution in [2.24, 2.45) is 0 Å². The van der Waals surface area contributed by atoms with Gasteiger partial charge in [0, 0.05) is 23.7 Å². The Balaban J connectivity index is 1.96. The average Bonchev–Trinajstić information content (AvgIpc) is 2.57. The van der Waals surface area contributed by atoms with Crippen LogP contribution in [0.15, 0.2) is 30.0 Å². The van der Waals surface area contributed by atoms with Gasteiger partial charge in [0.1, 0.15) is 5.70 Å². The maximum atomic E-state index is 12.6. The van der Waals surface area contributed by atoms with E-state index in [1.165, 1.54) is 0 Å². The van der Waals surface area contributed by atoms with Crippen LogP contribution in [0.4, 0.5) is 0 Å². The van der Waals surface area contributed by atoms with Crippen LogP contribution in [0.1, 0.15) is 35.7 Å². The minimum atomic E-state index is -0.432. The van der Waals surface area contributed by atoms with Crippen molar-refractivity contribution in [2.45, 2.75) is 25.8 Å². The summed E-state index contributed by atoms with van der Waals surface area (Å²) in [6.45, 7) is 4.69. The molecule has 122 valence electrons. The smallest absolute Gasteiger partial charge is 0.251 e. The van der Waals surface area contributed by atoms with Crippen molar-refractivity contribution in [1.29, 1.82) is 0 Å². The topological polar surface area (TPSA) is 61.4 Å². The van der Waals surface area contributed by atoms with Crippen molar-refractivity contribution in [3.63, 3.8) is 0 Å². The minimum absolute atomic E-state index is 0.233. The largest absolute Gasteiger partial charge is 0.383 e. The Morgan fingerprint density at radius 3 is 2.35 bits per heavy atom. The maximum absolute atomic E-state index is 12.6. The molecule has 0 atom stereocenters. The fraction of sp³-hybridized carbons (Fsp3) is 0.444. The predicted octanol–water partition coefficient (Wildman–Crippen LogP) is 1.41. The van der Waals surface area contributed by atoms with Crippen LogP contribution in [0.25, 0.3) is 5.70 Å². The molecule has 0 radical (unpaired) electrons. The summed E-state index contributed by atoms with van der Waals surface area (Å²) in [5, 5.41) is 6.63. The van der Waals surface area contributed by atoms with Crippen molar-refractivity contribution >= 4 is 17.3 Å². The monoisotopic (exact) mass is 313 g/mol. The highest BCUT2D eigenvalue weighted by Gasteiger charge is 2.33. The number of allylic oxidation sites excluding steroid dienone is 1. The van der Waals surface area contributed by atoms with Gasteiger partial charge in [-0.1, -0.05) is 24.3 Å². The molecule has 3 rings (SSSR count). The minimum Gasteiger partial charge on any atom is -0.383 e. The number of nitrogens with zero attached hydrogens (tertiary/aromatic N) is 1. The third-order valence-corrected chi connectivity index (χ3v) is 4.54. The Bertz CT molecular complexity index is 658. The number of likely N-dealkylation sites (tertiary alicyclic amines) is 1. The summed E-state index contributed by atoms with van der Waals surface area (Å²) < 4.78 is 0. The van der Waals surface area contributed by atoms with Crippen LogP contribution in [0.5, 0.6) is 0 Å². The molecule has 1 aliphatic heterocycles. The molecule has 1 saturated heterocycles. The Hall–Kier alpha value is -2.14. The Labute approximate surface area is 136 Å².